The van der Waals surface area contributed by atoms with Crippen LogP contribution >= 0.6 is 11.6 Å². The molecule has 1 aliphatic rings. The molecule has 1 saturated heterocycles. The molecule has 2 aromatic carbocycles. The minimum atomic E-state index is -0.527. The monoisotopic (exact) mass is 416 g/mol. The molecular formula is C20H21ClN4O4. The molecule has 0 radical (unpaired) electrons. The third kappa shape index (κ3) is 5.54. The number of methoxy groups -OCH3 is 1. The van der Waals surface area contributed by atoms with Crippen LogP contribution in [0.3, 0.4) is 0 Å². The number of esters is 1. The summed E-state index contributed by atoms with van der Waals surface area (Å²) in [4.78, 5) is 24.3. The second-order valence-electron chi connectivity index (χ2n) is 6.52. The first-order chi connectivity index (χ1) is 14.0. The lowest BCUT2D eigenvalue weighted by atomic mass is 10.1. The first kappa shape index (κ1) is 20.8. The van der Waals surface area contributed by atoms with Gasteiger partial charge in [0.2, 0.25) is 0 Å². The van der Waals surface area contributed by atoms with Crippen LogP contribution in [0.1, 0.15) is 29.3 Å². The quantitative estimate of drug-likeness (QED) is 0.289. The van der Waals surface area contributed by atoms with E-state index in [0.29, 0.717) is 28.3 Å². The number of halogens is 1. The zero-order valence-corrected chi connectivity index (χ0v) is 16.7. The minimum absolute atomic E-state index is 0.224. The van der Waals surface area contributed by atoms with E-state index < -0.39 is 5.97 Å². The number of rotatable bonds is 6. The molecule has 3 N–H and O–H groups in total. The van der Waals surface area contributed by atoms with Crippen molar-refractivity contribution in [2.24, 2.45) is 5.10 Å². The Balaban J connectivity index is 1.62. The summed E-state index contributed by atoms with van der Waals surface area (Å²) in [6, 6.07) is 11.2. The number of amides is 1. The molecule has 152 valence electrons. The van der Waals surface area contributed by atoms with Crippen LogP contribution in [0.25, 0.3) is 0 Å². The van der Waals surface area contributed by atoms with Gasteiger partial charge in [0.1, 0.15) is 6.04 Å². The summed E-state index contributed by atoms with van der Waals surface area (Å²) in [5, 5.41) is 4.50. The van der Waals surface area contributed by atoms with Crippen molar-refractivity contribution in [1.82, 2.24) is 16.3 Å². The molecule has 0 aromatic heterocycles. The van der Waals surface area contributed by atoms with Gasteiger partial charge in [-0.2, -0.15) is 5.10 Å². The van der Waals surface area contributed by atoms with Crippen molar-refractivity contribution in [3.8, 4) is 11.5 Å². The van der Waals surface area contributed by atoms with Gasteiger partial charge >= 0.3 is 5.97 Å². The Bertz CT molecular complexity index is 917. The SMILES string of the molecule is COc1cc(/C=N/NC(=O)C2CC(C)NN2)ccc1OC(=O)c1ccc(Cl)cc1. The number of benzene rings is 2. The molecule has 0 aliphatic carbocycles. The van der Waals surface area contributed by atoms with Crippen molar-refractivity contribution >= 4 is 29.7 Å². The van der Waals surface area contributed by atoms with Crippen LogP contribution in [-0.2, 0) is 4.79 Å². The maximum absolute atomic E-state index is 12.3. The van der Waals surface area contributed by atoms with Crippen molar-refractivity contribution in [2.75, 3.05) is 7.11 Å². The fourth-order valence-corrected chi connectivity index (χ4v) is 2.85. The molecule has 9 heteroatoms. The topological polar surface area (TPSA) is 101 Å². The summed E-state index contributed by atoms with van der Waals surface area (Å²) in [7, 11) is 1.47. The molecule has 0 spiro atoms. The number of nitrogens with one attached hydrogen (secondary N) is 3. The molecule has 2 atom stereocenters. The number of nitrogens with zero attached hydrogens (tertiary/aromatic N) is 1. The van der Waals surface area contributed by atoms with Gasteiger partial charge in [0.05, 0.1) is 18.9 Å². The van der Waals surface area contributed by atoms with Crippen LogP contribution in [0.2, 0.25) is 5.02 Å². The van der Waals surface area contributed by atoms with E-state index in [1.54, 1.807) is 42.5 Å². The molecular weight excluding hydrogens is 396 g/mol. The zero-order chi connectivity index (χ0) is 20.8. The van der Waals surface area contributed by atoms with Gasteiger partial charge in [0, 0.05) is 11.1 Å². The fraction of sp³-hybridized carbons (Fsp3) is 0.250. The highest BCUT2D eigenvalue weighted by molar-refractivity contribution is 6.30. The smallest absolute Gasteiger partial charge is 0.343 e. The minimum Gasteiger partial charge on any atom is -0.493 e. The van der Waals surface area contributed by atoms with Crippen LogP contribution in [-0.4, -0.2) is 37.3 Å². The van der Waals surface area contributed by atoms with Gasteiger partial charge in [-0.05, 0) is 61.4 Å². The number of hydrazone groups is 1. The molecule has 1 aliphatic heterocycles. The molecule has 1 fully saturated rings. The van der Waals surface area contributed by atoms with Gasteiger partial charge in [-0.3, -0.25) is 10.2 Å². The Morgan fingerprint density at radius 2 is 1.93 bits per heavy atom. The number of carbonyl (C=O) groups is 2. The van der Waals surface area contributed by atoms with Crippen molar-refractivity contribution in [3.63, 3.8) is 0 Å². The number of ether oxygens (including phenoxy) is 2. The Labute approximate surface area is 173 Å². The Kier molecular flexibility index (Phi) is 6.82. The second kappa shape index (κ2) is 9.51. The third-order valence-corrected chi connectivity index (χ3v) is 4.52. The van der Waals surface area contributed by atoms with E-state index in [9.17, 15) is 9.59 Å². The standard InChI is InChI=1S/C20H21ClN4O4/c1-12-9-16(24-23-12)19(26)25-22-11-13-3-8-17(18(10-13)28-2)29-20(27)14-4-6-15(21)7-5-14/h3-8,10-12,16,23-24H,9H2,1-2H3,(H,25,26)/b22-11+. The van der Waals surface area contributed by atoms with E-state index in [2.05, 4.69) is 21.4 Å². The maximum atomic E-state index is 12.3. The largest absolute Gasteiger partial charge is 0.493 e. The average Bonchev–Trinajstić information content (AvgIpc) is 3.15. The molecule has 29 heavy (non-hydrogen) atoms. The average molecular weight is 417 g/mol. The highest BCUT2D eigenvalue weighted by Gasteiger charge is 2.26. The Morgan fingerprint density at radius 1 is 1.17 bits per heavy atom. The molecule has 1 amide bonds. The lowest BCUT2D eigenvalue weighted by molar-refractivity contribution is -0.122. The first-order valence-electron chi connectivity index (χ1n) is 8.96. The summed E-state index contributed by atoms with van der Waals surface area (Å²) in [6.45, 7) is 1.98. The predicted octanol–water partition coefficient (Wildman–Crippen LogP) is 2.27. The van der Waals surface area contributed by atoms with Crippen LogP contribution in [0, 0.1) is 0 Å². The van der Waals surface area contributed by atoms with Crippen LogP contribution in [0.4, 0.5) is 0 Å². The van der Waals surface area contributed by atoms with Crippen LogP contribution in [0.5, 0.6) is 11.5 Å². The van der Waals surface area contributed by atoms with E-state index in [1.165, 1.54) is 13.3 Å². The van der Waals surface area contributed by atoms with Crippen molar-refractivity contribution in [2.45, 2.75) is 25.4 Å². The van der Waals surface area contributed by atoms with Crippen LogP contribution in [0.15, 0.2) is 47.6 Å². The third-order valence-electron chi connectivity index (χ3n) is 4.27. The summed E-state index contributed by atoms with van der Waals surface area (Å²) < 4.78 is 10.7. The maximum Gasteiger partial charge on any atom is 0.343 e. The fourth-order valence-electron chi connectivity index (χ4n) is 2.73. The summed E-state index contributed by atoms with van der Waals surface area (Å²) in [5.41, 5.74) is 9.42. The molecule has 2 unspecified atom stereocenters. The van der Waals surface area contributed by atoms with E-state index in [4.69, 9.17) is 21.1 Å². The molecule has 0 saturated carbocycles. The summed E-state index contributed by atoms with van der Waals surface area (Å²) in [6.07, 6.45) is 2.17. The zero-order valence-electron chi connectivity index (χ0n) is 15.9. The molecule has 8 nitrogen and oxygen atoms in total. The highest BCUT2D eigenvalue weighted by atomic mass is 35.5. The first-order valence-corrected chi connectivity index (χ1v) is 9.34. The van der Waals surface area contributed by atoms with Gasteiger partial charge in [-0.25, -0.2) is 15.6 Å². The number of carbonyl (C=O) groups excluding carboxylic acids is 2. The van der Waals surface area contributed by atoms with Gasteiger partial charge in [0.25, 0.3) is 5.91 Å². The van der Waals surface area contributed by atoms with E-state index >= 15 is 0 Å². The van der Waals surface area contributed by atoms with Crippen molar-refractivity contribution in [3.05, 3.63) is 58.6 Å². The molecule has 0 bridgehead atoms. The number of hydrogen-bond donors (Lipinski definition) is 3. The highest BCUT2D eigenvalue weighted by Crippen LogP contribution is 2.28. The van der Waals surface area contributed by atoms with Crippen molar-refractivity contribution < 1.29 is 19.1 Å². The Hall–Kier alpha value is -2.94. The lowest BCUT2D eigenvalue weighted by Gasteiger charge is -2.10. The molecule has 3 rings (SSSR count). The molecule has 2 aromatic rings. The number of hydrogen-bond acceptors (Lipinski definition) is 7. The predicted molar refractivity (Wildman–Crippen MR) is 109 cm³/mol. The van der Waals surface area contributed by atoms with Gasteiger partial charge in [0.15, 0.2) is 11.5 Å². The molecule has 1 heterocycles. The van der Waals surface area contributed by atoms with Gasteiger partial charge in [-0.1, -0.05) is 11.6 Å². The summed E-state index contributed by atoms with van der Waals surface area (Å²) in [5.74, 6) is -0.124. The normalized spacial score (nSPS) is 18.6. The van der Waals surface area contributed by atoms with Crippen LogP contribution < -0.4 is 25.8 Å². The lowest BCUT2D eigenvalue weighted by Crippen LogP contribution is -2.41. The van der Waals surface area contributed by atoms with Gasteiger partial charge < -0.3 is 9.47 Å². The van der Waals surface area contributed by atoms with E-state index in [1.807, 2.05) is 6.92 Å². The second-order valence-corrected chi connectivity index (χ2v) is 6.96. The van der Waals surface area contributed by atoms with E-state index in [0.717, 1.165) is 0 Å². The van der Waals surface area contributed by atoms with Crippen molar-refractivity contribution in [1.29, 1.82) is 0 Å². The van der Waals surface area contributed by atoms with E-state index in [-0.39, 0.29) is 23.7 Å². The van der Waals surface area contributed by atoms with Gasteiger partial charge in [-0.15, -0.1) is 0 Å². The summed E-state index contributed by atoms with van der Waals surface area (Å²) >= 11 is 5.83. The Morgan fingerprint density at radius 3 is 2.59 bits per heavy atom. The number of hydrazine groups is 1.